The van der Waals surface area contributed by atoms with E-state index in [2.05, 4.69) is 15.5 Å². The molecule has 0 fully saturated rings. The number of methoxy groups -OCH3 is 2. The van der Waals surface area contributed by atoms with E-state index in [4.69, 9.17) is 9.47 Å². The summed E-state index contributed by atoms with van der Waals surface area (Å²) in [5, 5.41) is 11.7. The van der Waals surface area contributed by atoms with Crippen LogP contribution in [0.25, 0.3) is 11.4 Å². The molecular weight excluding hydrogens is 358 g/mol. The molecule has 0 aliphatic heterocycles. The highest BCUT2D eigenvalue weighted by Crippen LogP contribution is 2.28. The number of carbonyl (C=O) groups is 1. The lowest BCUT2D eigenvalue weighted by Crippen LogP contribution is -2.26. The minimum Gasteiger partial charge on any atom is -0.493 e. The van der Waals surface area contributed by atoms with E-state index in [1.165, 1.54) is 0 Å². The molecule has 3 rings (SSSR count). The topological polar surface area (TPSA) is 82.4 Å². The first-order valence-corrected chi connectivity index (χ1v) is 8.90. The van der Waals surface area contributed by atoms with Gasteiger partial charge < -0.3 is 14.4 Å². The molecule has 1 aromatic heterocycles. The van der Waals surface area contributed by atoms with Crippen molar-refractivity contribution in [2.45, 2.75) is 20.0 Å². The van der Waals surface area contributed by atoms with E-state index >= 15 is 0 Å². The van der Waals surface area contributed by atoms with Crippen molar-refractivity contribution < 1.29 is 14.3 Å². The second kappa shape index (κ2) is 8.51. The fraction of sp³-hybridized carbons (Fsp3) is 0.300. The number of aryl methyl sites for hydroxylation is 1. The van der Waals surface area contributed by atoms with E-state index in [9.17, 15) is 4.79 Å². The SMILES string of the molecule is CCn1nnnc1-c1cccc(C(=O)N(C)Cc2ccc(OC)c(OC)c2)c1. The van der Waals surface area contributed by atoms with E-state index in [1.807, 2.05) is 43.3 Å². The van der Waals surface area contributed by atoms with Gasteiger partial charge in [0.1, 0.15) is 0 Å². The van der Waals surface area contributed by atoms with Gasteiger partial charge in [-0.2, -0.15) is 0 Å². The van der Waals surface area contributed by atoms with Crippen molar-refractivity contribution in [2.24, 2.45) is 0 Å². The van der Waals surface area contributed by atoms with Gasteiger partial charge in [0.15, 0.2) is 17.3 Å². The summed E-state index contributed by atoms with van der Waals surface area (Å²) in [7, 11) is 4.95. The van der Waals surface area contributed by atoms with Gasteiger partial charge in [0, 0.05) is 31.3 Å². The summed E-state index contributed by atoms with van der Waals surface area (Å²) in [6.07, 6.45) is 0. The molecule has 0 N–H and O–H groups in total. The molecule has 0 saturated heterocycles. The lowest BCUT2D eigenvalue weighted by molar-refractivity contribution is 0.0785. The van der Waals surface area contributed by atoms with E-state index in [-0.39, 0.29) is 5.91 Å². The zero-order valence-electron chi connectivity index (χ0n) is 16.4. The highest BCUT2D eigenvalue weighted by atomic mass is 16.5. The number of nitrogens with zero attached hydrogens (tertiary/aromatic N) is 5. The van der Waals surface area contributed by atoms with Gasteiger partial charge in [0.25, 0.3) is 5.91 Å². The third-order valence-electron chi connectivity index (χ3n) is 4.41. The molecule has 3 aromatic rings. The number of hydrogen-bond donors (Lipinski definition) is 0. The van der Waals surface area contributed by atoms with Crippen LogP contribution in [-0.2, 0) is 13.1 Å². The Morgan fingerprint density at radius 1 is 1.11 bits per heavy atom. The molecule has 146 valence electrons. The third kappa shape index (κ3) is 3.95. The number of aromatic nitrogens is 4. The lowest BCUT2D eigenvalue weighted by atomic mass is 10.1. The van der Waals surface area contributed by atoms with Crippen molar-refractivity contribution in [3.05, 3.63) is 53.6 Å². The van der Waals surface area contributed by atoms with Gasteiger partial charge in [-0.05, 0) is 47.2 Å². The van der Waals surface area contributed by atoms with Crippen molar-refractivity contribution in [1.82, 2.24) is 25.1 Å². The maximum Gasteiger partial charge on any atom is 0.253 e. The molecule has 0 aliphatic rings. The Bertz CT molecular complexity index is 970. The number of hydrogen-bond acceptors (Lipinski definition) is 6. The number of ether oxygens (including phenoxy) is 2. The Morgan fingerprint density at radius 3 is 2.61 bits per heavy atom. The van der Waals surface area contributed by atoms with Crippen LogP contribution in [0.3, 0.4) is 0 Å². The average Bonchev–Trinajstić information content (AvgIpc) is 3.22. The maximum absolute atomic E-state index is 12.9. The molecule has 0 aliphatic carbocycles. The molecule has 0 bridgehead atoms. The molecule has 0 spiro atoms. The van der Waals surface area contributed by atoms with Crippen LogP contribution < -0.4 is 9.47 Å². The van der Waals surface area contributed by atoms with Crippen LogP contribution in [-0.4, -0.2) is 52.3 Å². The highest BCUT2D eigenvalue weighted by Gasteiger charge is 2.16. The number of rotatable bonds is 7. The van der Waals surface area contributed by atoms with Crippen LogP contribution >= 0.6 is 0 Å². The van der Waals surface area contributed by atoms with Crippen LogP contribution in [0.1, 0.15) is 22.8 Å². The Labute approximate surface area is 163 Å². The minimum absolute atomic E-state index is 0.0906. The van der Waals surface area contributed by atoms with Crippen molar-refractivity contribution >= 4 is 5.91 Å². The predicted molar refractivity (Wildman–Crippen MR) is 104 cm³/mol. The van der Waals surface area contributed by atoms with E-state index in [0.29, 0.717) is 36.0 Å². The Hall–Kier alpha value is -3.42. The Morgan fingerprint density at radius 2 is 1.89 bits per heavy atom. The summed E-state index contributed by atoms with van der Waals surface area (Å²) in [4.78, 5) is 14.6. The van der Waals surface area contributed by atoms with Crippen LogP contribution in [0.4, 0.5) is 0 Å². The summed E-state index contributed by atoms with van der Waals surface area (Å²) in [6, 6.07) is 12.9. The van der Waals surface area contributed by atoms with Crippen LogP contribution in [0.2, 0.25) is 0 Å². The monoisotopic (exact) mass is 381 g/mol. The lowest BCUT2D eigenvalue weighted by Gasteiger charge is -2.18. The van der Waals surface area contributed by atoms with Crippen molar-refractivity contribution in [3.8, 4) is 22.9 Å². The van der Waals surface area contributed by atoms with Gasteiger partial charge in [-0.1, -0.05) is 18.2 Å². The number of tetrazole rings is 1. The largest absolute Gasteiger partial charge is 0.493 e. The standard InChI is InChI=1S/C20H23N5O3/c1-5-25-19(21-22-23-25)15-7-6-8-16(12-15)20(26)24(2)13-14-9-10-17(27-3)18(11-14)28-4/h6-12H,5,13H2,1-4H3. The van der Waals surface area contributed by atoms with E-state index in [0.717, 1.165) is 11.1 Å². The second-order valence-electron chi connectivity index (χ2n) is 6.25. The molecular formula is C20H23N5O3. The fourth-order valence-electron chi connectivity index (χ4n) is 2.96. The summed E-state index contributed by atoms with van der Waals surface area (Å²) in [5.74, 6) is 1.84. The quantitative estimate of drug-likeness (QED) is 0.626. The molecule has 0 unspecified atom stereocenters. The average molecular weight is 381 g/mol. The summed E-state index contributed by atoms with van der Waals surface area (Å²) in [6.45, 7) is 3.06. The van der Waals surface area contributed by atoms with E-state index in [1.54, 1.807) is 36.9 Å². The van der Waals surface area contributed by atoms with Gasteiger partial charge in [-0.25, -0.2) is 4.68 Å². The van der Waals surface area contributed by atoms with Gasteiger partial charge in [0.2, 0.25) is 0 Å². The fourth-order valence-corrected chi connectivity index (χ4v) is 2.96. The zero-order valence-corrected chi connectivity index (χ0v) is 16.4. The normalized spacial score (nSPS) is 10.6. The van der Waals surface area contributed by atoms with Gasteiger partial charge in [0.05, 0.1) is 14.2 Å². The Kier molecular flexibility index (Phi) is 5.88. The van der Waals surface area contributed by atoms with Gasteiger partial charge in [-0.3, -0.25) is 4.79 Å². The first-order valence-electron chi connectivity index (χ1n) is 8.90. The minimum atomic E-state index is -0.0906. The van der Waals surface area contributed by atoms with Crippen molar-refractivity contribution in [1.29, 1.82) is 0 Å². The molecule has 8 nitrogen and oxygen atoms in total. The molecule has 0 radical (unpaired) electrons. The van der Waals surface area contributed by atoms with Crippen molar-refractivity contribution in [2.75, 3.05) is 21.3 Å². The van der Waals surface area contributed by atoms with Crippen LogP contribution in [0.5, 0.6) is 11.5 Å². The number of carbonyl (C=O) groups excluding carboxylic acids is 1. The molecule has 2 aromatic carbocycles. The van der Waals surface area contributed by atoms with Crippen LogP contribution in [0, 0.1) is 0 Å². The molecule has 0 saturated carbocycles. The van der Waals surface area contributed by atoms with Gasteiger partial charge in [-0.15, -0.1) is 5.10 Å². The summed E-state index contributed by atoms with van der Waals surface area (Å²) in [5.41, 5.74) is 2.32. The number of amides is 1. The predicted octanol–water partition coefficient (Wildman–Crippen LogP) is 2.65. The third-order valence-corrected chi connectivity index (χ3v) is 4.41. The summed E-state index contributed by atoms with van der Waals surface area (Å²) >= 11 is 0. The Balaban J connectivity index is 1.79. The van der Waals surface area contributed by atoms with Crippen molar-refractivity contribution in [3.63, 3.8) is 0 Å². The maximum atomic E-state index is 12.9. The molecule has 28 heavy (non-hydrogen) atoms. The first-order chi connectivity index (χ1) is 13.6. The number of benzene rings is 2. The van der Waals surface area contributed by atoms with Gasteiger partial charge >= 0.3 is 0 Å². The van der Waals surface area contributed by atoms with E-state index < -0.39 is 0 Å². The molecule has 8 heteroatoms. The molecule has 0 atom stereocenters. The zero-order chi connectivity index (χ0) is 20.1. The highest BCUT2D eigenvalue weighted by molar-refractivity contribution is 5.95. The second-order valence-corrected chi connectivity index (χ2v) is 6.25. The molecule has 1 amide bonds. The smallest absolute Gasteiger partial charge is 0.253 e. The summed E-state index contributed by atoms with van der Waals surface area (Å²) < 4.78 is 12.3. The first kappa shape index (κ1) is 19.3. The molecule has 1 heterocycles. The van der Waals surface area contributed by atoms with Crippen LogP contribution in [0.15, 0.2) is 42.5 Å².